The third-order valence-electron chi connectivity index (χ3n) is 4.07. The Balaban J connectivity index is 2.01. The topological polar surface area (TPSA) is 26.3 Å². The molecule has 2 nitrogen and oxygen atoms in total. The van der Waals surface area contributed by atoms with Crippen LogP contribution in [0, 0.1) is 17.8 Å². The number of allylic oxidation sites excluding steroid dienone is 1. The highest BCUT2D eigenvalue weighted by atomic mass is 16.6. The van der Waals surface area contributed by atoms with Crippen molar-refractivity contribution < 1.29 is 9.53 Å². The molecule has 4 atom stereocenters. The summed E-state index contributed by atoms with van der Waals surface area (Å²) in [5, 5.41) is 0. The molecule has 0 amide bonds. The highest BCUT2D eigenvalue weighted by molar-refractivity contribution is 5.77. The maximum absolute atomic E-state index is 11.7. The van der Waals surface area contributed by atoms with Gasteiger partial charge < -0.3 is 4.74 Å². The van der Waals surface area contributed by atoms with Gasteiger partial charge in [0.15, 0.2) is 0 Å². The van der Waals surface area contributed by atoms with Gasteiger partial charge in [0.2, 0.25) is 0 Å². The van der Waals surface area contributed by atoms with E-state index < -0.39 is 0 Å². The fraction of sp³-hybridized carbons (Fsp3) is 0.750. The van der Waals surface area contributed by atoms with Crippen LogP contribution < -0.4 is 0 Å². The number of carbonyl (C=O) groups is 1. The van der Waals surface area contributed by atoms with E-state index in [9.17, 15) is 4.79 Å². The lowest BCUT2D eigenvalue weighted by molar-refractivity contribution is -0.145. The lowest BCUT2D eigenvalue weighted by atomic mass is 9.68. The minimum absolute atomic E-state index is 0.0694. The second kappa shape index (κ2) is 2.85. The number of ether oxygens (including phenoxy) is 1. The molecule has 0 aromatic carbocycles. The smallest absolute Gasteiger partial charge is 0.310 e. The van der Waals surface area contributed by atoms with Gasteiger partial charge in [0, 0.05) is 5.92 Å². The van der Waals surface area contributed by atoms with Crippen LogP contribution in [0.15, 0.2) is 11.6 Å². The van der Waals surface area contributed by atoms with Crippen LogP contribution in [0.2, 0.25) is 0 Å². The number of carbonyl (C=O) groups excluding carboxylic acids is 1. The van der Waals surface area contributed by atoms with E-state index in [-0.39, 0.29) is 18.0 Å². The molecule has 1 aliphatic heterocycles. The van der Waals surface area contributed by atoms with Gasteiger partial charge in [-0.05, 0) is 31.6 Å². The predicted molar refractivity (Wildman–Crippen MR) is 52.6 cm³/mol. The van der Waals surface area contributed by atoms with E-state index in [0.29, 0.717) is 11.8 Å². The average Bonchev–Trinajstić information content (AvgIpc) is 2.51. The van der Waals surface area contributed by atoms with Crippen molar-refractivity contribution in [3.8, 4) is 0 Å². The van der Waals surface area contributed by atoms with Crippen molar-refractivity contribution in [2.24, 2.45) is 17.8 Å². The summed E-state index contributed by atoms with van der Waals surface area (Å²) in [5.74, 6) is 1.18. The normalized spacial score (nSPS) is 45.5. The first kappa shape index (κ1) is 8.51. The van der Waals surface area contributed by atoms with Crippen LogP contribution in [-0.4, -0.2) is 12.1 Å². The second-order valence-electron chi connectivity index (χ2n) is 4.91. The molecule has 3 aliphatic rings. The first-order chi connectivity index (χ1) is 6.77. The van der Waals surface area contributed by atoms with Crippen molar-refractivity contribution in [2.75, 3.05) is 0 Å². The lowest BCUT2D eigenvalue weighted by Gasteiger charge is -2.34. The molecular formula is C12H16O2. The van der Waals surface area contributed by atoms with E-state index in [2.05, 4.69) is 13.0 Å². The Morgan fingerprint density at radius 1 is 1.43 bits per heavy atom. The molecule has 1 saturated carbocycles. The SMILES string of the molecule is C[C@H]1CC=C2CCC[C@@H]3OC(=O)[C@@H]1[C@H]23. The number of esters is 1. The monoisotopic (exact) mass is 192 g/mol. The Morgan fingerprint density at radius 3 is 3.14 bits per heavy atom. The molecule has 0 unspecified atom stereocenters. The van der Waals surface area contributed by atoms with Gasteiger partial charge in [-0.2, -0.15) is 0 Å². The molecule has 2 heteroatoms. The van der Waals surface area contributed by atoms with Crippen LogP contribution in [0.4, 0.5) is 0 Å². The van der Waals surface area contributed by atoms with E-state index in [0.717, 1.165) is 12.8 Å². The molecule has 0 bridgehead atoms. The minimum Gasteiger partial charge on any atom is -0.461 e. The van der Waals surface area contributed by atoms with Crippen molar-refractivity contribution >= 4 is 5.97 Å². The third kappa shape index (κ3) is 0.999. The van der Waals surface area contributed by atoms with E-state index in [1.54, 1.807) is 0 Å². The Kier molecular flexibility index (Phi) is 1.73. The van der Waals surface area contributed by atoms with Crippen LogP contribution in [0.25, 0.3) is 0 Å². The van der Waals surface area contributed by atoms with Crippen LogP contribution in [-0.2, 0) is 9.53 Å². The molecule has 0 aromatic rings. The first-order valence-electron chi connectivity index (χ1n) is 5.67. The van der Waals surface area contributed by atoms with E-state index in [1.165, 1.54) is 18.4 Å². The van der Waals surface area contributed by atoms with Crippen molar-refractivity contribution in [1.82, 2.24) is 0 Å². The predicted octanol–water partition coefficient (Wildman–Crippen LogP) is 2.29. The summed E-state index contributed by atoms with van der Waals surface area (Å²) in [6.45, 7) is 2.18. The van der Waals surface area contributed by atoms with E-state index >= 15 is 0 Å². The molecule has 2 aliphatic carbocycles. The number of hydrogen-bond donors (Lipinski definition) is 0. The van der Waals surface area contributed by atoms with Gasteiger partial charge in [-0.1, -0.05) is 18.6 Å². The minimum atomic E-state index is 0.0694. The highest BCUT2D eigenvalue weighted by Crippen LogP contribution is 2.48. The van der Waals surface area contributed by atoms with Gasteiger partial charge in [0.05, 0.1) is 5.92 Å². The quantitative estimate of drug-likeness (QED) is 0.435. The summed E-state index contributed by atoms with van der Waals surface area (Å²) in [6.07, 6.45) is 7.12. The van der Waals surface area contributed by atoms with Crippen molar-refractivity contribution in [1.29, 1.82) is 0 Å². The largest absolute Gasteiger partial charge is 0.461 e. The molecule has 1 heterocycles. The Labute approximate surface area is 84.3 Å². The fourth-order valence-corrected chi connectivity index (χ4v) is 3.37. The first-order valence-corrected chi connectivity index (χ1v) is 5.67. The zero-order chi connectivity index (χ0) is 9.71. The molecule has 14 heavy (non-hydrogen) atoms. The van der Waals surface area contributed by atoms with Crippen LogP contribution in [0.5, 0.6) is 0 Å². The van der Waals surface area contributed by atoms with Gasteiger partial charge in [-0.15, -0.1) is 0 Å². The summed E-state index contributed by atoms with van der Waals surface area (Å²) >= 11 is 0. The zero-order valence-corrected chi connectivity index (χ0v) is 8.53. The van der Waals surface area contributed by atoms with Gasteiger partial charge in [0.25, 0.3) is 0 Å². The summed E-state index contributed by atoms with van der Waals surface area (Å²) in [4.78, 5) is 11.7. The number of hydrogen-bond acceptors (Lipinski definition) is 2. The highest BCUT2D eigenvalue weighted by Gasteiger charge is 2.50. The van der Waals surface area contributed by atoms with Gasteiger partial charge >= 0.3 is 5.97 Å². The Hall–Kier alpha value is -0.790. The summed E-state index contributed by atoms with van der Waals surface area (Å²) in [7, 11) is 0. The molecule has 2 fully saturated rings. The van der Waals surface area contributed by atoms with Gasteiger partial charge in [-0.25, -0.2) is 0 Å². The Morgan fingerprint density at radius 2 is 2.29 bits per heavy atom. The summed E-state index contributed by atoms with van der Waals surface area (Å²) < 4.78 is 5.47. The fourth-order valence-electron chi connectivity index (χ4n) is 3.37. The van der Waals surface area contributed by atoms with Crippen molar-refractivity contribution in [2.45, 2.75) is 38.7 Å². The Bertz CT molecular complexity index is 305. The summed E-state index contributed by atoms with van der Waals surface area (Å²) in [6, 6.07) is 0. The molecule has 0 radical (unpaired) electrons. The zero-order valence-electron chi connectivity index (χ0n) is 8.53. The second-order valence-corrected chi connectivity index (χ2v) is 4.91. The van der Waals surface area contributed by atoms with Crippen molar-refractivity contribution in [3.05, 3.63) is 11.6 Å². The molecule has 0 aromatic heterocycles. The molecule has 0 spiro atoms. The number of rotatable bonds is 0. The van der Waals surface area contributed by atoms with Crippen molar-refractivity contribution in [3.63, 3.8) is 0 Å². The molecule has 3 rings (SSSR count). The van der Waals surface area contributed by atoms with Crippen LogP contribution >= 0.6 is 0 Å². The average molecular weight is 192 g/mol. The molecule has 1 saturated heterocycles. The van der Waals surface area contributed by atoms with Crippen LogP contribution in [0.1, 0.15) is 32.6 Å². The van der Waals surface area contributed by atoms with Gasteiger partial charge in [0.1, 0.15) is 6.10 Å². The molecular weight excluding hydrogens is 176 g/mol. The van der Waals surface area contributed by atoms with E-state index in [1.807, 2.05) is 0 Å². The lowest BCUT2D eigenvalue weighted by Crippen LogP contribution is -2.33. The maximum atomic E-state index is 11.7. The molecule has 0 N–H and O–H groups in total. The van der Waals surface area contributed by atoms with Crippen LogP contribution in [0.3, 0.4) is 0 Å². The molecule has 76 valence electrons. The third-order valence-corrected chi connectivity index (χ3v) is 4.07. The van der Waals surface area contributed by atoms with Gasteiger partial charge in [-0.3, -0.25) is 4.79 Å². The maximum Gasteiger partial charge on any atom is 0.310 e. The standard InChI is InChI=1S/C12H16O2/c1-7-5-6-8-3-2-4-9-11(8)10(7)12(13)14-9/h6-7,9-11H,2-5H2,1H3/t7-,9-,10-,11+/m0/s1. The summed E-state index contributed by atoms with van der Waals surface area (Å²) in [5.41, 5.74) is 1.51. The van der Waals surface area contributed by atoms with E-state index in [4.69, 9.17) is 4.74 Å².